The zero-order chi connectivity index (χ0) is 15.7. The summed E-state index contributed by atoms with van der Waals surface area (Å²) in [6, 6.07) is 5.64. The molecule has 0 spiro atoms. The first-order valence-corrected chi connectivity index (χ1v) is 9.79. The molecule has 2 aromatic rings. The number of benzene rings is 1. The molecular formula is C13H15ClN4O2S2. The Bertz CT molecular complexity index is 791. The van der Waals surface area contributed by atoms with Crippen molar-refractivity contribution in [2.24, 2.45) is 0 Å². The van der Waals surface area contributed by atoms with Crippen molar-refractivity contribution in [1.82, 2.24) is 9.59 Å². The number of rotatable bonds is 4. The predicted octanol–water partition coefficient (Wildman–Crippen LogP) is 2.52. The Hall–Kier alpha value is -1.38. The van der Waals surface area contributed by atoms with Crippen LogP contribution in [0.15, 0.2) is 18.2 Å². The summed E-state index contributed by atoms with van der Waals surface area (Å²) >= 11 is 7.25. The van der Waals surface area contributed by atoms with Crippen LogP contribution >= 0.6 is 23.1 Å². The standard InChI is InChI=1S/C13H15ClN4O2S2/c1-22(19,20)16-10-5-2-6-12-9(10)4-3-7-18(12)8-11-13(14)21-17-15-11/h2,5-6,16H,3-4,7-8H2,1H3. The number of hydrogen-bond donors (Lipinski definition) is 1. The van der Waals surface area contributed by atoms with E-state index in [1.807, 2.05) is 12.1 Å². The predicted molar refractivity (Wildman–Crippen MR) is 89.2 cm³/mol. The Morgan fingerprint density at radius 2 is 2.27 bits per heavy atom. The van der Waals surface area contributed by atoms with E-state index in [2.05, 4.69) is 19.2 Å². The van der Waals surface area contributed by atoms with Crippen LogP contribution in [0.5, 0.6) is 0 Å². The van der Waals surface area contributed by atoms with Crippen LogP contribution in [-0.4, -0.2) is 30.8 Å². The van der Waals surface area contributed by atoms with Crippen molar-refractivity contribution < 1.29 is 8.42 Å². The minimum Gasteiger partial charge on any atom is -0.365 e. The second-order valence-electron chi connectivity index (χ2n) is 5.20. The summed E-state index contributed by atoms with van der Waals surface area (Å²) in [7, 11) is -3.30. The second-order valence-corrected chi connectivity index (χ2v) is 8.30. The molecule has 118 valence electrons. The molecule has 0 aliphatic carbocycles. The molecule has 0 saturated heterocycles. The Morgan fingerprint density at radius 1 is 1.45 bits per heavy atom. The summed E-state index contributed by atoms with van der Waals surface area (Å²) in [5.41, 5.74) is 3.43. The van der Waals surface area contributed by atoms with Gasteiger partial charge in [0.05, 0.1) is 18.5 Å². The van der Waals surface area contributed by atoms with E-state index < -0.39 is 10.0 Å². The molecule has 22 heavy (non-hydrogen) atoms. The van der Waals surface area contributed by atoms with Crippen molar-refractivity contribution in [3.05, 3.63) is 33.8 Å². The van der Waals surface area contributed by atoms with Gasteiger partial charge in [0.2, 0.25) is 10.0 Å². The van der Waals surface area contributed by atoms with Gasteiger partial charge in [-0.1, -0.05) is 22.2 Å². The molecule has 0 amide bonds. The largest absolute Gasteiger partial charge is 0.365 e. The highest BCUT2D eigenvalue weighted by Gasteiger charge is 2.22. The molecule has 0 atom stereocenters. The van der Waals surface area contributed by atoms with Gasteiger partial charge in [0.1, 0.15) is 10.0 Å². The van der Waals surface area contributed by atoms with Crippen molar-refractivity contribution in [1.29, 1.82) is 0 Å². The van der Waals surface area contributed by atoms with Crippen LogP contribution in [0.25, 0.3) is 0 Å². The summed E-state index contributed by atoms with van der Waals surface area (Å²) in [6.45, 7) is 1.45. The molecule has 2 heterocycles. The minimum atomic E-state index is -3.30. The fraction of sp³-hybridized carbons (Fsp3) is 0.385. The van der Waals surface area contributed by atoms with Gasteiger partial charge in [-0.2, -0.15) is 0 Å². The maximum atomic E-state index is 11.5. The van der Waals surface area contributed by atoms with Crippen molar-refractivity contribution in [3.8, 4) is 0 Å². The molecule has 3 rings (SSSR count). The van der Waals surface area contributed by atoms with Crippen LogP contribution in [0.2, 0.25) is 4.34 Å². The zero-order valence-electron chi connectivity index (χ0n) is 11.9. The fourth-order valence-corrected chi connectivity index (χ4v) is 3.84. The Balaban J connectivity index is 1.93. The number of nitrogens with zero attached hydrogens (tertiary/aromatic N) is 3. The number of fused-ring (bicyclic) bond motifs is 1. The highest BCUT2D eigenvalue weighted by molar-refractivity contribution is 7.92. The third kappa shape index (κ3) is 3.34. The van der Waals surface area contributed by atoms with Crippen molar-refractivity contribution >= 4 is 44.5 Å². The van der Waals surface area contributed by atoms with Crippen LogP contribution < -0.4 is 9.62 Å². The summed E-state index contributed by atoms with van der Waals surface area (Å²) < 4.78 is 30.1. The smallest absolute Gasteiger partial charge is 0.229 e. The molecule has 0 bridgehead atoms. The molecule has 1 aromatic carbocycles. The maximum absolute atomic E-state index is 11.5. The number of nitrogens with one attached hydrogen (secondary N) is 1. The molecule has 6 nitrogen and oxygen atoms in total. The Kier molecular flexibility index (Phi) is 4.24. The van der Waals surface area contributed by atoms with E-state index in [1.54, 1.807) is 6.07 Å². The van der Waals surface area contributed by atoms with Gasteiger partial charge in [0.25, 0.3) is 0 Å². The minimum absolute atomic E-state index is 0.574. The first kappa shape index (κ1) is 15.5. The van der Waals surface area contributed by atoms with Gasteiger partial charge >= 0.3 is 0 Å². The van der Waals surface area contributed by atoms with Gasteiger partial charge < -0.3 is 4.90 Å². The van der Waals surface area contributed by atoms with E-state index >= 15 is 0 Å². The summed E-state index contributed by atoms with van der Waals surface area (Å²) in [6.07, 6.45) is 2.95. The monoisotopic (exact) mass is 358 g/mol. The quantitative estimate of drug-likeness (QED) is 0.908. The van der Waals surface area contributed by atoms with E-state index in [1.165, 1.54) is 11.5 Å². The first-order chi connectivity index (χ1) is 10.4. The molecule has 9 heteroatoms. The van der Waals surface area contributed by atoms with E-state index in [-0.39, 0.29) is 0 Å². The molecule has 0 fully saturated rings. The number of anilines is 2. The van der Waals surface area contributed by atoms with Gasteiger partial charge in [-0.15, -0.1) is 5.10 Å². The van der Waals surface area contributed by atoms with E-state index in [4.69, 9.17) is 11.6 Å². The summed E-state index contributed by atoms with van der Waals surface area (Å²) in [4.78, 5) is 2.16. The highest BCUT2D eigenvalue weighted by Crippen LogP contribution is 2.34. The molecule has 0 saturated carbocycles. The van der Waals surface area contributed by atoms with Crippen LogP contribution in [0.4, 0.5) is 11.4 Å². The summed E-state index contributed by atoms with van der Waals surface area (Å²) in [5.74, 6) is 0. The molecule has 1 aliphatic rings. The number of aromatic nitrogens is 2. The van der Waals surface area contributed by atoms with Crippen molar-refractivity contribution in [2.45, 2.75) is 19.4 Å². The SMILES string of the molecule is CS(=O)(=O)Nc1cccc2c1CCCN2Cc1nnsc1Cl. The summed E-state index contributed by atoms with van der Waals surface area (Å²) in [5, 5.41) is 4.05. The Morgan fingerprint density at radius 3 is 2.95 bits per heavy atom. The third-order valence-electron chi connectivity index (χ3n) is 3.49. The normalized spacial score (nSPS) is 14.7. The van der Waals surface area contributed by atoms with Gasteiger partial charge in [-0.05, 0) is 30.5 Å². The average Bonchev–Trinajstić information content (AvgIpc) is 2.84. The lowest BCUT2D eigenvalue weighted by molar-refractivity contribution is 0.606. The maximum Gasteiger partial charge on any atom is 0.229 e. The molecule has 1 N–H and O–H groups in total. The lowest BCUT2D eigenvalue weighted by Gasteiger charge is -2.32. The van der Waals surface area contributed by atoms with Gasteiger partial charge in [-0.3, -0.25) is 4.72 Å². The fourth-order valence-electron chi connectivity index (χ4n) is 2.63. The van der Waals surface area contributed by atoms with Crippen LogP contribution in [0.1, 0.15) is 17.7 Å². The number of sulfonamides is 1. The number of halogens is 1. The van der Waals surface area contributed by atoms with Crippen LogP contribution in [0, 0.1) is 0 Å². The van der Waals surface area contributed by atoms with Crippen LogP contribution in [-0.2, 0) is 23.0 Å². The topological polar surface area (TPSA) is 75.2 Å². The molecule has 0 radical (unpaired) electrons. The van der Waals surface area contributed by atoms with Crippen LogP contribution in [0.3, 0.4) is 0 Å². The van der Waals surface area contributed by atoms with E-state index in [0.29, 0.717) is 16.6 Å². The number of hydrogen-bond acceptors (Lipinski definition) is 6. The van der Waals surface area contributed by atoms with Gasteiger partial charge in [0.15, 0.2) is 0 Å². The lowest BCUT2D eigenvalue weighted by Crippen LogP contribution is -2.29. The Labute approximate surface area is 138 Å². The molecule has 1 aliphatic heterocycles. The molecule has 1 aromatic heterocycles. The third-order valence-corrected chi connectivity index (χ3v) is 5.07. The zero-order valence-corrected chi connectivity index (χ0v) is 14.3. The van der Waals surface area contributed by atoms with Gasteiger partial charge in [0, 0.05) is 23.8 Å². The van der Waals surface area contributed by atoms with E-state index in [0.717, 1.165) is 42.6 Å². The molecule has 0 unspecified atom stereocenters. The molecular weight excluding hydrogens is 344 g/mol. The highest BCUT2D eigenvalue weighted by atomic mass is 35.5. The van der Waals surface area contributed by atoms with E-state index in [9.17, 15) is 8.42 Å². The van der Waals surface area contributed by atoms with Gasteiger partial charge in [-0.25, -0.2) is 8.42 Å². The average molecular weight is 359 g/mol. The lowest BCUT2D eigenvalue weighted by atomic mass is 10.00. The van der Waals surface area contributed by atoms with Crippen molar-refractivity contribution in [3.63, 3.8) is 0 Å². The van der Waals surface area contributed by atoms with Crippen molar-refractivity contribution in [2.75, 3.05) is 22.4 Å². The first-order valence-electron chi connectivity index (χ1n) is 6.75. The second kappa shape index (κ2) is 6.02.